The van der Waals surface area contributed by atoms with Crippen LogP contribution >= 0.6 is 0 Å². The third-order valence-corrected chi connectivity index (χ3v) is 4.17. The molecule has 2 saturated heterocycles. The lowest BCUT2D eigenvalue weighted by atomic mass is 9.89. The van der Waals surface area contributed by atoms with Gasteiger partial charge in [-0.15, -0.1) is 0 Å². The van der Waals surface area contributed by atoms with Crippen molar-refractivity contribution in [2.24, 2.45) is 5.92 Å². The fourth-order valence-corrected chi connectivity index (χ4v) is 2.92. The predicted molar refractivity (Wildman–Crippen MR) is 76.5 cm³/mol. The highest BCUT2D eigenvalue weighted by molar-refractivity contribution is 6.04. The summed E-state index contributed by atoms with van der Waals surface area (Å²) in [6.07, 6.45) is 3.29. The molecule has 1 unspecified atom stereocenters. The predicted octanol–water partition coefficient (Wildman–Crippen LogP) is -0.175. The Labute approximate surface area is 122 Å². The Morgan fingerprint density at radius 1 is 1.33 bits per heavy atom. The minimum Gasteiger partial charge on any atom is -0.368 e. The van der Waals surface area contributed by atoms with Crippen molar-refractivity contribution in [3.63, 3.8) is 0 Å². The number of anilines is 2. The van der Waals surface area contributed by atoms with Crippen molar-refractivity contribution in [2.75, 3.05) is 30.8 Å². The Morgan fingerprint density at radius 2 is 2.05 bits per heavy atom. The van der Waals surface area contributed by atoms with E-state index in [1.54, 1.807) is 6.20 Å². The minimum atomic E-state index is -0.389. The number of hydrogen-bond acceptors (Lipinski definition) is 6. The molecule has 8 nitrogen and oxygen atoms in total. The molecule has 0 saturated carbocycles. The van der Waals surface area contributed by atoms with Crippen molar-refractivity contribution in [1.82, 2.24) is 20.2 Å². The molecule has 3 heterocycles. The summed E-state index contributed by atoms with van der Waals surface area (Å²) in [6.45, 7) is 1.56. The first-order chi connectivity index (χ1) is 10.1. The van der Waals surface area contributed by atoms with E-state index in [0.29, 0.717) is 0 Å². The lowest BCUT2D eigenvalue weighted by molar-refractivity contribution is -0.127. The van der Waals surface area contributed by atoms with Crippen molar-refractivity contribution < 1.29 is 9.59 Å². The zero-order chi connectivity index (χ0) is 15.0. The van der Waals surface area contributed by atoms with Crippen LogP contribution in [0.1, 0.15) is 12.8 Å². The average Bonchev–Trinajstić information content (AvgIpc) is 2.75. The van der Waals surface area contributed by atoms with Crippen molar-refractivity contribution in [1.29, 1.82) is 0 Å². The van der Waals surface area contributed by atoms with Gasteiger partial charge in [0.1, 0.15) is 11.9 Å². The van der Waals surface area contributed by atoms with E-state index in [-0.39, 0.29) is 29.8 Å². The lowest BCUT2D eigenvalue weighted by Crippen LogP contribution is -2.44. The second-order valence-electron chi connectivity index (χ2n) is 5.42. The quantitative estimate of drug-likeness (QED) is 0.732. The van der Waals surface area contributed by atoms with Gasteiger partial charge in [0.15, 0.2) is 0 Å². The average molecular weight is 290 g/mol. The molecule has 1 aromatic rings. The fourth-order valence-electron chi connectivity index (χ4n) is 2.92. The molecule has 1 atom stereocenters. The van der Waals surface area contributed by atoms with Crippen LogP contribution in [0.25, 0.3) is 0 Å². The first-order valence-corrected chi connectivity index (χ1v) is 6.98. The van der Waals surface area contributed by atoms with Crippen LogP contribution in [0.5, 0.6) is 0 Å². The molecule has 0 spiro atoms. The monoisotopic (exact) mass is 290 g/mol. The number of nitrogens with one attached hydrogen (secondary N) is 1. The second-order valence-corrected chi connectivity index (χ2v) is 5.42. The normalized spacial score (nSPS) is 23.6. The van der Waals surface area contributed by atoms with Gasteiger partial charge in [0.05, 0.1) is 0 Å². The molecule has 8 heteroatoms. The number of likely N-dealkylation sites (N-methyl/N-ethyl adjacent to an activating group) is 1. The second kappa shape index (κ2) is 5.19. The molecule has 0 bridgehead atoms. The van der Waals surface area contributed by atoms with Crippen LogP contribution < -0.4 is 16.0 Å². The molecule has 21 heavy (non-hydrogen) atoms. The van der Waals surface area contributed by atoms with Gasteiger partial charge in [0, 0.05) is 26.3 Å². The highest BCUT2D eigenvalue weighted by Gasteiger charge is 2.41. The number of nitrogen functional groups attached to an aromatic ring is 1. The van der Waals surface area contributed by atoms with Gasteiger partial charge < -0.3 is 16.0 Å². The Balaban J connectivity index is 1.63. The number of hydrogen-bond donors (Lipinski definition) is 2. The molecule has 3 N–H and O–H groups in total. The molecule has 0 aliphatic carbocycles. The number of imide groups is 1. The molecule has 1 aromatic heterocycles. The molecule has 2 fully saturated rings. The lowest BCUT2D eigenvalue weighted by Gasteiger charge is -2.34. The number of carbonyl (C=O) groups excluding carboxylic acids is 2. The van der Waals surface area contributed by atoms with Crippen molar-refractivity contribution in [3.8, 4) is 0 Å². The summed E-state index contributed by atoms with van der Waals surface area (Å²) in [7, 11) is 1.51. The van der Waals surface area contributed by atoms with Crippen LogP contribution in [0.2, 0.25) is 0 Å². The van der Waals surface area contributed by atoms with Crippen LogP contribution in [0.4, 0.5) is 16.6 Å². The maximum atomic E-state index is 12.0. The zero-order valence-corrected chi connectivity index (χ0v) is 11.8. The number of carbonyl (C=O) groups is 2. The number of rotatable bonds is 2. The summed E-state index contributed by atoms with van der Waals surface area (Å²) in [5.74, 6) is 1.10. The van der Waals surface area contributed by atoms with E-state index < -0.39 is 0 Å². The number of nitrogens with two attached hydrogens (primary N) is 1. The van der Waals surface area contributed by atoms with E-state index in [4.69, 9.17) is 5.73 Å². The summed E-state index contributed by atoms with van der Waals surface area (Å²) in [5, 5.41) is 2.76. The number of aromatic nitrogens is 2. The molecule has 112 valence electrons. The topological polar surface area (TPSA) is 104 Å². The van der Waals surface area contributed by atoms with Crippen molar-refractivity contribution in [2.45, 2.75) is 18.9 Å². The van der Waals surface area contributed by atoms with E-state index in [0.717, 1.165) is 36.6 Å². The SMILES string of the molecule is CN1C(=O)NC(C2CCN(c3ccnc(N)n3)CC2)C1=O. The third kappa shape index (κ3) is 2.48. The molecule has 0 radical (unpaired) electrons. The molecule has 2 aliphatic rings. The van der Waals surface area contributed by atoms with Crippen LogP contribution in [-0.4, -0.2) is 53.0 Å². The van der Waals surface area contributed by atoms with Crippen LogP contribution in [-0.2, 0) is 4.79 Å². The van der Waals surface area contributed by atoms with E-state index in [1.165, 1.54) is 7.05 Å². The van der Waals surface area contributed by atoms with Gasteiger partial charge >= 0.3 is 6.03 Å². The number of urea groups is 1. The third-order valence-electron chi connectivity index (χ3n) is 4.17. The Morgan fingerprint density at radius 3 is 2.62 bits per heavy atom. The van der Waals surface area contributed by atoms with Gasteiger partial charge in [0.25, 0.3) is 5.91 Å². The molecule has 2 aliphatic heterocycles. The number of piperidine rings is 1. The largest absolute Gasteiger partial charge is 0.368 e. The molecular weight excluding hydrogens is 272 g/mol. The highest BCUT2D eigenvalue weighted by atomic mass is 16.2. The maximum Gasteiger partial charge on any atom is 0.324 e. The van der Waals surface area contributed by atoms with E-state index >= 15 is 0 Å². The maximum absolute atomic E-state index is 12.0. The Bertz CT molecular complexity index is 570. The van der Waals surface area contributed by atoms with Crippen LogP contribution in [0.15, 0.2) is 12.3 Å². The van der Waals surface area contributed by atoms with Gasteiger partial charge in [-0.1, -0.05) is 0 Å². The zero-order valence-electron chi connectivity index (χ0n) is 11.8. The molecule has 3 amide bonds. The Kier molecular flexibility index (Phi) is 3.36. The molecule has 0 aromatic carbocycles. The van der Waals surface area contributed by atoms with Crippen LogP contribution in [0, 0.1) is 5.92 Å². The van der Waals surface area contributed by atoms with E-state index in [9.17, 15) is 9.59 Å². The van der Waals surface area contributed by atoms with Gasteiger partial charge in [-0.05, 0) is 24.8 Å². The van der Waals surface area contributed by atoms with E-state index in [2.05, 4.69) is 20.2 Å². The summed E-state index contributed by atoms with van der Waals surface area (Å²) < 4.78 is 0. The fraction of sp³-hybridized carbons (Fsp3) is 0.538. The van der Waals surface area contributed by atoms with Crippen molar-refractivity contribution >= 4 is 23.7 Å². The summed E-state index contributed by atoms with van der Waals surface area (Å²) in [5.41, 5.74) is 5.59. The van der Waals surface area contributed by atoms with Crippen molar-refractivity contribution in [3.05, 3.63) is 12.3 Å². The highest BCUT2D eigenvalue weighted by Crippen LogP contribution is 2.26. The first-order valence-electron chi connectivity index (χ1n) is 6.98. The minimum absolute atomic E-state index is 0.135. The first kappa shape index (κ1) is 13.6. The Hall–Kier alpha value is -2.38. The van der Waals surface area contributed by atoms with E-state index in [1.807, 2.05) is 6.07 Å². The van der Waals surface area contributed by atoms with Gasteiger partial charge in [-0.25, -0.2) is 9.78 Å². The number of amides is 3. The summed E-state index contributed by atoms with van der Waals surface area (Å²) in [4.78, 5) is 34.9. The van der Waals surface area contributed by atoms with Gasteiger partial charge in [-0.3, -0.25) is 9.69 Å². The summed E-state index contributed by atoms with van der Waals surface area (Å²) in [6, 6.07) is 1.13. The van der Waals surface area contributed by atoms with Crippen LogP contribution in [0.3, 0.4) is 0 Å². The standard InChI is InChI=1S/C13H18N6O2/c1-18-11(20)10(17-13(18)21)8-3-6-19(7-4-8)9-2-5-15-12(14)16-9/h2,5,8,10H,3-4,6-7H2,1H3,(H,17,21)(H2,14,15,16). The molecular formula is C13H18N6O2. The smallest absolute Gasteiger partial charge is 0.324 e. The summed E-state index contributed by atoms with van der Waals surface area (Å²) >= 11 is 0. The molecule has 3 rings (SSSR count). The number of nitrogens with zero attached hydrogens (tertiary/aromatic N) is 4. The van der Waals surface area contributed by atoms with Gasteiger partial charge in [0.2, 0.25) is 5.95 Å². The van der Waals surface area contributed by atoms with Gasteiger partial charge in [-0.2, -0.15) is 4.98 Å².